The van der Waals surface area contributed by atoms with E-state index in [4.69, 9.17) is 4.84 Å². The Hall–Kier alpha value is -2.10. The van der Waals surface area contributed by atoms with Crippen LogP contribution in [0.25, 0.3) is 10.9 Å². The average Bonchev–Trinajstić information content (AvgIpc) is 3.10. The lowest BCUT2D eigenvalue weighted by atomic mass is 9.63. The number of Topliss-reactive ketones (excluding diaryl/α,β-unsaturated/α-hetero) is 1. The van der Waals surface area contributed by atoms with Crippen molar-refractivity contribution < 1.29 is 9.63 Å². The Labute approximate surface area is 155 Å². The molecule has 1 aromatic heterocycles. The first-order valence-corrected chi connectivity index (χ1v) is 9.95. The Morgan fingerprint density at radius 3 is 2.96 bits per heavy atom. The fourth-order valence-electron chi connectivity index (χ4n) is 5.17. The summed E-state index contributed by atoms with van der Waals surface area (Å²) in [6.45, 7) is 0. The highest BCUT2D eigenvalue weighted by molar-refractivity contribution is 5.91. The summed E-state index contributed by atoms with van der Waals surface area (Å²) in [5, 5.41) is 5.53. The number of aromatic nitrogens is 1. The van der Waals surface area contributed by atoms with Crippen LogP contribution in [0.1, 0.15) is 50.5 Å². The summed E-state index contributed by atoms with van der Waals surface area (Å²) in [7, 11) is 1.63. The van der Waals surface area contributed by atoms with E-state index in [1.807, 2.05) is 6.07 Å². The number of ketones is 1. The van der Waals surface area contributed by atoms with Crippen LogP contribution in [0.3, 0.4) is 0 Å². The number of hydrogen-bond acceptors (Lipinski definition) is 3. The van der Waals surface area contributed by atoms with Crippen molar-refractivity contribution in [3.63, 3.8) is 0 Å². The highest BCUT2D eigenvalue weighted by Gasteiger charge is 2.41. The molecule has 3 atom stereocenters. The molecule has 138 valence electrons. The molecular formula is C22H28N2O2. The van der Waals surface area contributed by atoms with Gasteiger partial charge in [-0.2, -0.15) is 0 Å². The van der Waals surface area contributed by atoms with Crippen molar-refractivity contribution in [1.29, 1.82) is 0 Å². The zero-order chi connectivity index (χ0) is 17.9. The van der Waals surface area contributed by atoms with Crippen molar-refractivity contribution in [3.05, 3.63) is 36.0 Å². The van der Waals surface area contributed by atoms with Gasteiger partial charge in [-0.1, -0.05) is 36.2 Å². The smallest absolute Gasteiger partial charge is 0.136 e. The maximum absolute atomic E-state index is 13.1. The molecule has 2 saturated carbocycles. The second-order valence-electron chi connectivity index (χ2n) is 7.79. The van der Waals surface area contributed by atoms with E-state index in [1.165, 1.54) is 35.9 Å². The Morgan fingerprint density at radius 2 is 2.08 bits per heavy atom. The molecule has 0 spiro atoms. The molecule has 3 unspecified atom stereocenters. The van der Waals surface area contributed by atoms with Gasteiger partial charge in [0.2, 0.25) is 0 Å². The number of oxime groups is 1. The number of nitrogens with one attached hydrogen (secondary N) is 1. The second kappa shape index (κ2) is 7.65. The van der Waals surface area contributed by atoms with Gasteiger partial charge in [-0.3, -0.25) is 4.79 Å². The number of carbonyl (C=O) groups excluding carboxylic acids is 1. The predicted molar refractivity (Wildman–Crippen MR) is 104 cm³/mol. The number of hydrogen-bond donors (Lipinski definition) is 1. The number of aromatic amines is 1. The van der Waals surface area contributed by atoms with E-state index in [0.717, 1.165) is 31.2 Å². The van der Waals surface area contributed by atoms with Crippen LogP contribution in [0.2, 0.25) is 0 Å². The molecule has 2 aliphatic rings. The number of nitrogens with zero attached hydrogens (tertiary/aromatic N) is 1. The summed E-state index contributed by atoms with van der Waals surface area (Å²) in [5.74, 6) is 1.59. The van der Waals surface area contributed by atoms with Crippen molar-refractivity contribution in [2.24, 2.45) is 22.9 Å². The maximum atomic E-state index is 13.1. The van der Waals surface area contributed by atoms with Crippen LogP contribution >= 0.6 is 0 Å². The van der Waals surface area contributed by atoms with E-state index in [0.29, 0.717) is 24.0 Å². The summed E-state index contributed by atoms with van der Waals surface area (Å²) in [6, 6.07) is 8.33. The topological polar surface area (TPSA) is 54.4 Å². The molecule has 26 heavy (non-hydrogen) atoms. The Bertz CT molecular complexity index is 807. The summed E-state index contributed by atoms with van der Waals surface area (Å²) in [4.78, 5) is 21.4. The van der Waals surface area contributed by atoms with Crippen molar-refractivity contribution in [3.8, 4) is 0 Å². The zero-order valence-corrected chi connectivity index (χ0v) is 15.5. The first kappa shape index (κ1) is 17.3. The molecule has 2 fully saturated rings. The summed E-state index contributed by atoms with van der Waals surface area (Å²) in [5.41, 5.74) is 3.60. The van der Waals surface area contributed by atoms with Gasteiger partial charge in [-0.05, 0) is 49.7 Å². The van der Waals surface area contributed by atoms with E-state index in [9.17, 15) is 4.79 Å². The third kappa shape index (κ3) is 3.29. The van der Waals surface area contributed by atoms with E-state index < -0.39 is 0 Å². The summed E-state index contributed by atoms with van der Waals surface area (Å²) in [6.07, 6.45) is 10.2. The number of rotatable bonds is 5. The highest BCUT2D eigenvalue weighted by Crippen LogP contribution is 2.43. The lowest BCUT2D eigenvalue weighted by Crippen LogP contribution is -2.40. The molecule has 1 aromatic carbocycles. The van der Waals surface area contributed by atoms with Crippen LogP contribution < -0.4 is 0 Å². The molecule has 1 N–H and O–H groups in total. The number of H-pyrrole nitrogens is 1. The zero-order valence-electron chi connectivity index (χ0n) is 15.5. The van der Waals surface area contributed by atoms with Gasteiger partial charge in [-0.25, -0.2) is 0 Å². The molecule has 0 bridgehead atoms. The molecule has 0 saturated heterocycles. The number of aryl methyl sites for hydroxylation is 1. The molecule has 4 heteroatoms. The number of carbonyl (C=O) groups is 1. The Morgan fingerprint density at radius 1 is 1.23 bits per heavy atom. The van der Waals surface area contributed by atoms with Gasteiger partial charge in [0.1, 0.15) is 12.9 Å². The van der Waals surface area contributed by atoms with Gasteiger partial charge in [0.25, 0.3) is 0 Å². The monoisotopic (exact) mass is 352 g/mol. The van der Waals surface area contributed by atoms with Crippen molar-refractivity contribution in [2.45, 2.75) is 51.4 Å². The largest absolute Gasteiger partial charge is 0.399 e. The second-order valence-corrected chi connectivity index (χ2v) is 7.79. The van der Waals surface area contributed by atoms with Gasteiger partial charge in [-0.15, -0.1) is 0 Å². The molecule has 4 nitrogen and oxygen atoms in total. The van der Waals surface area contributed by atoms with E-state index in [-0.39, 0.29) is 5.92 Å². The number of para-hydroxylation sites is 1. The molecule has 0 aliphatic heterocycles. The molecule has 2 aromatic rings. The third-order valence-corrected chi connectivity index (χ3v) is 6.41. The van der Waals surface area contributed by atoms with E-state index in [2.05, 4.69) is 34.5 Å². The summed E-state index contributed by atoms with van der Waals surface area (Å²) < 4.78 is 0. The van der Waals surface area contributed by atoms with Crippen molar-refractivity contribution in [2.75, 3.05) is 7.11 Å². The first-order chi connectivity index (χ1) is 12.8. The maximum Gasteiger partial charge on any atom is 0.136 e. The minimum atomic E-state index is 0.210. The normalized spacial score (nSPS) is 27.4. The van der Waals surface area contributed by atoms with Crippen molar-refractivity contribution >= 4 is 22.4 Å². The van der Waals surface area contributed by atoms with Crippen molar-refractivity contribution in [1.82, 2.24) is 4.98 Å². The molecular weight excluding hydrogens is 324 g/mol. The fraction of sp³-hybridized carbons (Fsp3) is 0.545. The van der Waals surface area contributed by atoms with E-state index >= 15 is 0 Å². The molecule has 1 heterocycles. The third-order valence-electron chi connectivity index (χ3n) is 6.41. The van der Waals surface area contributed by atoms with Gasteiger partial charge < -0.3 is 9.82 Å². The molecule has 2 aliphatic carbocycles. The quantitative estimate of drug-likeness (QED) is 0.779. The Balaban J connectivity index is 1.45. The minimum absolute atomic E-state index is 0.210. The van der Waals surface area contributed by atoms with E-state index in [1.54, 1.807) is 7.11 Å². The van der Waals surface area contributed by atoms with Crippen LogP contribution in [-0.4, -0.2) is 23.6 Å². The SMILES string of the molecule is CO/N=C1\CCC(C(=O)CCc2c[nH]c3ccccc23)C2CCCCC12. The van der Waals surface area contributed by atoms with Crippen LogP contribution in [0.5, 0.6) is 0 Å². The van der Waals surface area contributed by atoms with Gasteiger partial charge in [0.15, 0.2) is 0 Å². The highest BCUT2D eigenvalue weighted by atomic mass is 16.6. The lowest BCUT2D eigenvalue weighted by molar-refractivity contribution is -0.126. The van der Waals surface area contributed by atoms with Crippen LogP contribution in [0.15, 0.2) is 35.6 Å². The Kier molecular flexibility index (Phi) is 5.09. The standard InChI is InChI=1S/C22H28N2O2/c1-26-24-21-12-11-19(17-7-2-3-8-18(17)21)22(25)13-10-15-14-23-20-9-5-4-6-16(15)20/h4-6,9,14,17-19,23H,2-3,7-8,10-13H2,1H3/b24-21+. The van der Waals surface area contributed by atoms with Crippen LogP contribution in [-0.2, 0) is 16.1 Å². The molecule has 0 radical (unpaired) electrons. The first-order valence-electron chi connectivity index (χ1n) is 9.95. The van der Waals surface area contributed by atoms with Gasteiger partial charge in [0, 0.05) is 35.4 Å². The summed E-state index contributed by atoms with van der Waals surface area (Å²) >= 11 is 0. The predicted octanol–water partition coefficient (Wildman–Crippen LogP) is 4.89. The van der Waals surface area contributed by atoms with Crippen LogP contribution in [0.4, 0.5) is 0 Å². The fourth-order valence-corrected chi connectivity index (χ4v) is 5.17. The lowest BCUT2D eigenvalue weighted by Gasteiger charge is -2.41. The van der Waals surface area contributed by atoms with Gasteiger partial charge >= 0.3 is 0 Å². The number of fused-ring (bicyclic) bond motifs is 2. The van der Waals surface area contributed by atoms with Gasteiger partial charge in [0.05, 0.1) is 5.71 Å². The minimum Gasteiger partial charge on any atom is -0.399 e. The number of benzene rings is 1. The molecule has 4 rings (SSSR count). The average molecular weight is 352 g/mol. The molecule has 0 amide bonds. The van der Waals surface area contributed by atoms with Crippen LogP contribution in [0, 0.1) is 17.8 Å².